The van der Waals surface area contributed by atoms with Gasteiger partial charge in [-0.2, -0.15) is 0 Å². The van der Waals surface area contributed by atoms with E-state index in [1.54, 1.807) is 7.11 Å². The van der Waals surface area contributed by atoms with Gasteiger partial charge in [0.2, 0.25) is 0 Å². The molecule has 0 saturated carbocycles. The Morgan fingerprint density at radius 2 is 1.97 bits per heavy atom. The van der Waals surface area contributed by atoms with E-state index < -0.39 is 0 Å². The number of hydrogen-bond acceptors (Lipinski definition) is 6. The van der Waals surface area contributed by atoms with Crippen LogP contribution < -0.4 is 9.47 Å². The van der Waals surface area contributed by atoms with Crippen LogP contribution in [0, 0.1) is 12.8 Å². The van der Waals surface area contributed by atoms with Gasteiger partial charge in [-0.15, -0.1) is 0 Å². The lowest BCUT2D eigenvalue weighted by atomic mass is 10.0. The molecule has 1 fully saturated rings. The van der Waals surface area contributed by atoms with Gasteiger partial charge in [0, 0.05) is 49.7 Å². The highest BCUT2D eigenvalue weighted by atomic mass is 16.5. The zero-order chi connectivity index (χ0) is 20.9. The van der Waals surface area contributed by atoms with Crippen LogP contribution in [0.25, 0.3) is 0 Å². The van der Waals surface area contributed by atoms with Crippen LogP contribution in [-0.4, -0.2) is 41.5 Å². The number of aliphatic hydroxyl groups is 1. The molecule has 0 radical (unpaired) electrons. The minimum atomic E-state index is -0.380. The van der Waals surface area contributed by atoms with E-state index in [1.807, 2.05) is 61.5 Å². The molecular formula is C24H28N2O4. The number of rotatable bonds is 8. The van der Waals surface area contributed by atoms with E-state index in [2.05, 4.69) is 10.1 Å². The van der Waals surface area contributed by atoms with E-state index in [1.165, 1.54) is 0 Å². The molecule has 4 rings (SSSR count). The Morgan fingerprint density at radius 3 is 2.70 bits per heavy atom. The van der Waals surface area contributed by atoms with Crippen LogP contribution in [0.2, 0.25) is 0 Å². The Labute approximate surface area is 177 Å². The molecule has 2 heterocycles. The minimum absolute atomic E-state index is 0.136. The SMILES string of the molecule is COc1cc(OCc2ccccc2)ccc1CN1CC(O)C(Cc2cc(C)no2)C1. The second-order valence-corrected chi connectivity index (χ2v) is 7.91. The molecule has 30 heavy (non-hydrogen) atoms. The summed E-state index contributed by atoms with van der Waals surface area (Å²) < 4.78 is 16.8. The molecule has 1 aliphatic heterocycles. The van der Waals surface area contributed by atoms with Crippen molar-refractivity contribution in [3.63, 3.8) is 0 Å². The number of aliphatic hydroxyl groups excluding tert-OH is 1. The molecule has 2 atom stereocenters. The number of hydrogen-bond donors (Lipinski definition) is 1. The maximum absolute atomic E-state index is 10.5. The number of β-amino-alcohol motifs (C(OH)–C–C–N with tert-alkyl or cyclic N) is 1. The average Bonchev–Trinajstić information content (AvgIpc) is 3.32. The third-order valence-corrected chi connectivity index (χ3v) is 5.52. The van der Waals surface area contributed by atoms with Crippen molar-refractivity contribution in [2.45, 2.75) is 32.6 Å². The Morgan fingerprint density at radius 1 is 1.13 bits per heavy atom. The van der Waals surface area contributed by atoms with Crippen molar-refractivity contribution in [2.75, 3.05) is 20.2 Å². The summed E-state index contributed by atoms with van der Waals surface area (Å²) in [6, 6.07) is 18.0. The predicted molar refractivity (Wildman–Crippen MR) is 113 cm³/mol. The fourth-order valence-corrected chi connectivity index (χ4v) is 3.97. The highest BCUT2D eigenvalue weighted by Crippen LogP contribution is 2.29. The van der Waals surface area contributed by atoms with E-state index in [9.17, 15) is 5.11 Å². The van der Waals surface area contributed by atoms with Crippen molar-refractivity contribution in [3.05, 3.63) is 77.2 Å². The van der Waals surface area contributed by atoms with Gasteiger partial charge in [-0.3, -0.25) is 4.90 Å². The molecular weight excluding hydrogens is 380 g/mol. The van der Waals surface area contributed by atoms with Gasteiger partial charge < -0.3 is 19.1 Å². The molecule has 1 aliphatic rings. The first-order valence-corrected chi connectivity index (χ1v) is 10.3. The number of nitrogens with zero attached hydrogens (tertiary/aromatic N) is 2. The van der Waals surface area contributed by atoms with E-state index in [4.69, 9.17) is 14.0 Å². The van der Waals surface area contributed by atoms with Crippen LogP contribution in [-0.2, 0) is 19.6 Å². The predicted octanol–water partition coefficient (Wildman–Crippen LogP) is 3.61. The van der Waals surface area contributed by atoms with Crippen LogP contribution in [0.5, 0.6) is 11.5 Å². The molecule has 0 amide bonds. The third-order valence-electron chi connectivity index (χ3n) is 5.52. The van der Waals surface area contributed by atoms with Crippen LogP contribution >= 0.6 is 0 Å². The molecule has 2 aromatic carbocycles. The first-order valence-electron chi connectivity index (χ1n) is 10.3. The molecule has 6 nitrogen and oxygen atoms in total. The zero-order valence-corrected chi connectivity index (χ0v) is 17.5. The van der Waals surface area contributed by atoms with E-state index in [0.717, 1.165) is 40.6 Å². The Hall–Kier alpha value is -2.83. The maximum atomic E-state index is 10.5. The van der Waals surface area contributed by atoms with Crippen molar-refractivity contribution >= 4 is 0 Å². The number of aromatic nitrogens is 1. The molecule has 1 aromatic heterocycles. The standard InChI is InChI=1S/C24H28N2O4/c1-17-10-22(30-25-17)11-20-14-26(15-23(20)27)13-19-8-9-21(12-24(19)28-2)29-16-18-6-4-3-5-7-18/h3-10,12,20,23,27H,11,13-16H2,1-2H3. The molecule has 0 aliphatic carbocycles. The zero-order valence-electron chi connectivity index (χ0n) is 17.5. The fraction of sp³-hybridized carbons (Fsp3) is 0.375. The largest absolute Gasteiger partial charge is 0.496 e. The van der Waals surface area contributed by atoms with Crippen molar-refractivity contribution in [2.24, 2.45) is 5.92 Å². The summed E-state index contributed by atoms with van der Waals surface area (Å²) >= 11 is 0. The summed E-state index contributed by atoms with van der Waals surface area (Å²) in [4.78, 5) is 2.25. The second kappa shape index (κ2) is 9.32. The highest BCUT2D eigenvalue weighted by molar-refractivity contribution is 5.41. The molecule has 1 saturated heterocycles. The van der Waals surface area contributed by atoms with Crippen LogP contribution in [0.3, 0.4) is 0 Å². The summed E-state index contributed by atoms with van der Waals surface area (Å²) in [5.74, 6) is 2.54. The van der Waals surface area contributed by atoms with Crippen LogP contribution in [0.4, 0.5) is 0 Å². The topological polar surface area (TPSA) is 68.0 Å². The lowest BCUT2D eigenvalue weighted by Crippen LogP contribution is -2.21. The van der Waals surface area contributed by atoms with Gasteiger partial charge >= 0.3 is 0 Å². The van der Waals surface area contributed by atoms with Gasteiger partial charge in [-0.25, -0.2) is 0 Å². The van der Waals surface area contributed by atoms with E-state index in [-0.39, 0.29) is 12.0 Å². The maximum Gasteiger partial charge on any atom is 0.137 e. The fourth-order valence-electron chi connectivity index (χ4n) is 3.97. The van der Waals surface area contributed by atoms with E-state index in [0.29, 0.717) is 26.1 Å². The molecule has 158 valence electrons. The van der Waals surface area contributed by atoms with Crippen molar-refractivity contribution in [1.29, 1.82) is 0 Å². The normalized spacial score (nSPS) is 19.2. The number of methoxy groups -OCH3 is 1. The van der Waals surface area contributed by atoms with Crippen LogP contribution in [0.15, 0.2) is 59.1 Å². The first kappa shape index (κ1) is 20.4. The number of ether oxygens (including phenoxy) is 2. The second-order valence-electron chi connectivity index (χ2n) is 7.91. The van der Waals surface area contributed by atoms with Crippen molar-refractivity contribution < 1.29 is 19.1 Å². The van der Waals surface area contributed by atoms with Gasteiger partial charge in [0.15, 0.2) is 0 Å². The summed E-state index contributed by atoms with van der Waals surface area (Å²) in [5.41, 5.74) is 3.07. The summed E-state index contributed by atoms with van der Waals surface area (Å²) in [6.07, 6.45) is 0.317. The molecule has 0 bridgehead atoms. The summed E-state index contributed by atoms with van der Waals surface area (Å²) in [5, 5.41) is 14.4. The van der Waals surface area contributed by atoms with E-state index >= 15 is 0 Å². The van der Waals surface area contributed by atoms with Crippen LogP contribution in [0.1, 0.15) is 22.6 Å². The molecule has 3 aromatic rings. The Balaban J connectivity index is 1.36. The molecule has 0 spiro atoms. The van der Waals surface area contributed by atoms with Gasteiger partial charge in [0.25, 0.3) is 0 Å². The number of benzene rings is 2. The lowest BCUT2D eigenvalue weighted by molar-refractivity contribution is 0.137. The van der Waals surface area contributed by atoms with Gasteiger partial charge in [-0.1, -0.05) is 41.6 Å². The number of aryl methyl sites for hydroxylation is 1. The molecule has 2 unspecified atom stereocenters. The summed E-state index contributed by atoms with van der Waals surface area (Å²) in [6.45, 7) is 4.57. The van der Waals surface area contributed by atoms with Gasteiger partial charge in [0.1, 0.15) is 23.9 Å². The van der Waals surface area contributed by atoms with Crippen molar-refractivity contribution in [3.8, 4) is 11.5 Å². The Kier molecular flexibility index (Phi) is 6.35. The smallest absolute Gasteiger partial charge is 0.137 e. The van der Waals surface area contributed by atoms with Gasteiger partial charge in [0.05, 0.1) is 18.9 Å². The highest BCUT2D eigenvalue weighted by Gasteiger charge is 2.32. The number of likely N-dealkylation sites (tertiary alicyclic amines) is 1. The molecule has 1 N–H and O–H groups in total. The average molecular weight is 408 g/mol. The molecule has 6 heteroatoms. The van der Waals surface area contributed by atoms with Crippen molar-refractivity contribution in [1.82, 2.24) is 10.1 Å². The Bertz CT molecular complexity index is 957. The quantitative estimate of drug-likeness (QED) is 0.614. The third kappa shape index (κ3) is 5.01. The minimum Gasteiger partial charge on any atom is -0.496 e. The monoisotopic (exact) mass is 408 g/mol. The first-order chi connectivity index (χ1) is 14.6. The lowest BCUT2D eigenvalue weighted by Gasteiger charge is -2.18. The van der Waals surface area contributed by atoms with Gasteiger partial charge in [-0.05, 0) is 18.6 Å². The summed E-state index contributed by atoms with van der Waals surface area (Å²) in [7, 11) is 1.67.